The molecule has 124 valence electrons. The molecule has 4 unspecified atom stereocenters. The molecule has 0 spiro atoms. The molecule has 2 aliphatic rings. The van der Waals surface area contributed by atoms with E-state index in [-0.39, 0.29) is 6.29 Å². The first-order chi connectivity index (χ1) is 10.2. The molecule has 0 radical (unpaired) electrons. The lowest BCUT2D eigenvalue weighted by Crippen LogP contribution is -2.63. The maximum absolute atomic E-state index is 10.1. The number of aliphatic hydroxyl groups is 2. The normalized spacial score (nSPS) is 40.0. The van der Waals surface area contributed by atoms with Crippen LogP contribution in [0.25, 0.3) is 0 Å². The highest BCUT2D eigenvalue weighted by Crippen LogP contribution is 2.29. The second-order valence-electron chi connectivity index (χ2n) is 5.83. The Morgan fingerprint density at radius 2 is 1.81 bits per heavy atom. The highest BCUT2D eigenvalue weighted by molar-refractivity contribution is 4.92. The number of rotatable bonds is 7. The van der Waals surface area contributed by atoms with Gasteiger partial charge in [0, 0.05) is 7.11 Å². The molecule has 0 aliphatic carbocycles. The number of unbranched alkanes of at least 4 members (excludes halogenated alkanes) is 4. The molecule has 6 atom stereocenters. The summed E-state index contributed by atoms with van der Waals surface area (Å²) in [6.07, 6.45) is 2.51. The molecular weight excluding hydrogens is 276 g/mol. The lowest BCUT2D eigenvalue weighted by molar-refractivity contribution is -0.356. The van der Waals surface area contributed by atoms with Crippen LogP contribution in [0.2, 0.25) is 0 Å². The van der Waals surface area contributed by atoms with Crippen LogP contribution in [0.4, 0.5) is 0 Å². The summed E-state index contributed by atoms with van der Waals surface area (Å²) in [5.74, 6) is 0. The van der Waals surface area contributed by atoms with Crippen LogP contribution in [0, 0.1) is 0 Å². The van der Waals surface area contributed by atoms with Gasteiger partial charge in [0.15, 0.2) is 12.6 Å². The first kappa shape index (κ1) is 17.1. The Hall–Kier alpha value is -0.240. The van der Waals surface area contributed by atoms with Gasteiger partial charge in [-0.1, -0.05) is 32.6 Å². The summed E-state index contributed by atoms with van der Waals surface area (Å²) in [7, 11) is 1.44. The maximum Gasteiger partial charge on any atom is 0.186 e. The van der Waals surface area contributed by atoms with E-state index < -0.39 is 30.7 Å². The predicted molar refractivity (Wildman–Crippen MR) is 75.7 cm³/mol. The third-order valence-corrected chi connectivity index (χ3v) is 4.17. The molecule has 2 fully saturated rings. The van der Waals surface area contributed by atoms with Gasteiger partial charge in [-0.15, -0.1) is 0 Å². The van der Waals surface area contributed by atoms with Crippen molar-refractivity contribution in [3.8, 4) is 0 Å². The molecule has 0 saturated carbocycles. The zero-order valence-corrected chi connectivity index (χ0v) is 12.9. The van der Waals surface area contributed by atoms with Crippen molar-refractivity contribution >= 4 is 0 Å². The molecule has 21 heavy (non-hydrogen) atoms. The van der Waals surface area contributed by atoms with Crippen molar-refractivity contribution in [1.82, 2.24) is 0 Å². The molecule has 2 heterocycles. The van der Waals surface area contributed by atoms with Crippen LogP contribution in [-0.4, -0.2) is 60.9 Å². The number of ether oxygens (including phenoxy) is 4. The average molecular weight is 304 g/mol. The zero-order valence-electron chi connectivity index (χ0n) is 12.9. The summed E-state index contributed by atoms with van der Waals surface area (Å²) in [6, 6.07) is 0. The zero-order chi connectivity index (χ0) is 15.2. The summed E-state index contributed by atoms with van der Waals surface area (Å²) in [5, 5.41) is 20.1. The van der Waals surface area contributed by atoms with Crippen LogP contribution in [-0.2, 0) is 18.9 Å². The Balaban J connectivity index is 1.77. The number of fused-ring (bicyclic) bond motifs is 1. The quantitative estimate of drug-likeness (QED) is 0.688. The Morgan fingerprint density at radius 1 is 1.05 bits per heavy atom. The number of aliphatic hydroxyl groups excluding tert-OH is 2. The summed E-state index contributed by atoms with van der Waals surface area (Å²) >= 11 is 0. The fourth-order valence-corrected chi connectivity index (χ4v) is 2.89. The second kappa shape index (κ2) is 8.41. The first-order valence-electron chi connectivity index (χ1n) is 7.98. The van der Waals surface area contributed by atoms with Crippen molar-refractivity contribution in [1.29, 1.82) is 0 Å². The van der Waals surface area contributed by atoms with Crippen LogP contribution in [0.5, 0.6) is 0 Å². The van der Waals surface area contributed by atoms with E-state index in [1.165, 1.54) is 32.8 Å². The monoisotopic (exact) mass is 304 g/mol. The Kier molecular flexibility index (Phi) is 6.85. The summed E-state index contributed by atoms with van der Waals surface area (Å²) in [4.78, 5) is 0. The Bertz CT molecular complexity index is 296. The lowest BCUT2D eigenvalue weighted by atomic mass is 9.98. The fraction of sp³-hybridized carbons (Fsp3) is 1.00. The van der Waals surface area contributed by atoms with Gasteiger partial charge in [0.25, 0.3) is 0 Å². The van der Waals surface area contributed by atoms with E-state index in [1.807, 2.05) is 0 Å². The maximum atomic E-state index is 10.1. The predicted octanol–water partition coefficient (Wildman–Crippen LogP) is 1.18. The highest BCUT2D eigenvalue weighted by atomic mass is 16.7. The van der Waals surface area contributed by atoms with Crippen molar-refractivity contribution < 1.29 is 29.2 Å². The second-order valence-corrected chi connectivity index (χ2v) is 5.83. The minimum absolute atomic E-state index is 0.322. The molecular formula is C15H28O6. The van der Waals surface area contributed by atoms with Crippen molar-refractivity contribution in [2.75, 3.05) is 13.7 Å². The Morgan fingerprint density at radius 3 is 2.52 bits per heavy atom. The molecule has 0 aromatic heterocycles. The van der Waals surface area contributed by atoms with Crippen LogP contribution < -0.4 is 0 Å². The summed E-state index contributed by atoms with van der Waals surface area (Å²) in [5.41, 5.74) is 0. The standard InChI is InChI=1S/C15H28O6/c1-3-4-5-6-7-8-11-19-9-10-14(21-11)12(16)13(17)15(18-2)20-10/h10-17H,3-9H2,1-2H3/t10?,11?,12?,13?,14-,15+/m1/s1. The van der Waals surface area contributed by atoms with Gasteiger partial charge in [-0.2, -0.15) is 0 Å². The summed E-state index contributed by atoms with van der Waals surface area (Å²) < 4.78 is 21.9. The van der Waals surface area contributed by atoms with Crippen molar-refractivity contribution in [2.45, 2.75) is 82.4 Å². The molecule has 2 aliphatic heterocycles. The van der Waals surface area contributed by atoms with Gasteiger partial charge in [0.1, 0.15) is 24.4 Å². The van der Waals surface area contributed by atoms with Gasteiger partial charge >= 0.3 is 0 Å². The number of hydrogen-bond donors (Lipinski definition) is 2. The number of methoxy groups -OCH3 is 1. The van der Waals surface area contributed by atoms with E-state index in [9.17, 15) is 10.2 Å². The van der Waals surface area contributed by atoms with Gasteiger partial charge in [0.05, 0.1) is 6.61 Å². The van der Waals surface area contributed by atoms with Gasteiger partial charge in [0.2, 0.25) is 0 Å². The van der Waals surface area contributed by atoms with Crippen molar-refractivity contribution in [2.24, 2.45) is 0 Å². The third-order valence-electron chi connectivity index (χ3n) is 4.17. The largest absolute Gasteiger partial charge is 0.387 e. The summed E-state index contributed by atoms with van der Waals surface area (Å²) in [6.45, 7) is 2.55. The Labute approximate surface area is 126 Å². The van der Waals surface area contributed by atoms with Crippen LogP contribution >= 0.6 is 0 Å². The minimum atomic E-state index is -1.10. The number of hydrogen-bond acceptors (Lipinski definition) is 6. The van der Waals surface area contributed by atoms with Gasteiger partial charge < -0.3 is 29.2 Å². The van der Waals surface area contributed by atoms with Crippen LogP contribution in [0.3, 0.4) is 0 Å². The van der Waals surface area contributed by atoms with Crippen LogP contribution in [0.15, 0.2) is 0 Å². The van der Waals surface area contributed by atoms with Gasteiger partial charge in [-0.3, -0.25) is 0 Å². The molecule has 2 rings (SSSR count). The SMILES string of the molecule is CCCCCCCC1OCC2O[C@H](OC)C(O)C(O)[C@@H]2O1. The van der Waals surface area contributed by atoms with Crippen LogP contribution in [0.1, 0.15) is 45.4 Å². The van der Waals surface area contributed by atoms with E-state index in [2.05, 4.69) is 6.92 Å². The molecule has 6 heteroatoms. The van der Waals surface area contributed by atoms with Crippen molar-refractivity contribution in [3.63, 3.8) is 0 Å². The molecule has 2 saturated heterocycles. The van der Waals surface area contributed by atoms with E-state index in [1.54, 1.807) is 0 Å². The molecule has 6 nitrogen and oxygen atoms in total. The van der Waals surface area contributed by atoms with Gasteiger partial charge in [-0.25, -0.2) is 0 Å². The fourth-order valence-electron chi connectivity index (χ4n) is 2.89. The van der Waals surface area contributed by atoms with Gasteiger partial charge in [-0.05, 0) is 12.8 Å². The minimum Gasteiger partial charge on any atom is -0.387 e. The molecule has 0 amide bonds. The van der Waals surface area contributed by atoms with Crippen molar-refractivity contribution in [3.05, 3.63) is 0 Å². The average Bonchev–Trinajstić information content (AvgIpc) is 2.51. The molecule has 0 aromatic carbocycles. The molecule has 0 aromatic rings. The molecule has 0 bridgehead atoms. The smallest absolute Gasteiger partial charge is 0.186 e. The topological polar surface area (TPSA) is 77.4 Å². The van der Waals surface area contributed by atoms with E-state index in [0.29, 0.717) is 6.61 Å². The highest BCUT2D eigenvalue weighted by Gasteiger charge is 2.48. The molecule has 2 N–H and O–H groups in total. The third kappa shape index (κ3) is 4.37. The first-order valence-corrected chi connectivity index (χ1v) is 7.98. The van der Waals surface area contributed by atoms with E-state index >= 15 is 0 Å². The lowest BCUT2D eigenvalue weighted by Gasteiger charge is -2.45. The van der Waals surface area contributed by atoms with E-state index in [4.69, 9.17) is 18.9 Å². The van der Waals surface area contributed by atoms with E-state index in [0.717, 1.165) is 12.8 Å².